The average Bonchev–Trinajstić information content (AvgIpc) is 3.46. The maximum absolute atomic E-state index is 13.0. The van der Waals surface area contributed by atoms with E-state index in [1.165, 1.54) is 103 Å². The number of rotatable bonds is 65. The van der Waals surface area contributed by atoms with E-state index >= 15 is 0 Å². The number of unbranched alkanes of at least 4 members (excludes halogenated alkanes) is 22. The van der Waals surface area contributed by atoms with E-state index < -0.39 is 24.3 Å². The zero-order valence-electron chi connectivity index (χ0n) is 58.7. The lowest BCUT2D eigenvalue weighted by molar-refractivity contribution is -0.870. The summed E-state index contributed by atoms with van der Waals surface area (Å²) in [7, 11) is 5.97. The fourth-order valence-electron chi connectivity index (χ4n) is 9.50. The van der Waals surface area contributed by atoms with Gasteiger partial charge in [0.05, 0.1) is 34.4 Å². The van der Waals surface area contributed by atoms with Crippen molar-refractivity contribution in [2.45, 2.75) is 283 Å². The van der Waals surface area contributed by atoms with E-state index in [1.54, 1.807) is 0 Å². The number of aliphatic carboxylic acids is 1. The topological polar surface area (TPSA) is 108 Å². The highest BCUT2D eigenvalue weighted by atomic mass is 16.7. The normalized spacial score (nSPS) is 13.7. The van der Waals surface area contributed by atoms with Gasteiger partial charge in [0.2, 0.25) is 0 Å². The highest BCUT2D eigenvalue weighted by molar-refractivity contribution is 5.71. The second kappa shape index (κ2) is 70.5. The van der Waals surface area contributed by atoms with Crippen molar-refractivity contribution in [2.24, 2.45) is 0 Å². The first-order valence-corrected chi connectivity index (χ1v) is 36.3. The monoisotopic (exact) mass is 1260 g/mol. The fourth-order valence-corrected chi connectivity index (χ4v) is 9.50. The largest absolute Gasteiger partial charge is 0.477 e. The van der Waals surface area contributed by atoms with Gasteiger partial charge in [-0.05, 0) is 128 Å². The predicted molar refractivity (Wildman–Crippen MR) is 391 cm³/mol. The number of hydrogen-bond donors (Lipinski definition) is 1. The van der Waals surface area contributed by atoms with Crippen LogP contribution >= 0.6 is 0 Å². The number of likely N-dealkylation sites (N-methyl/N-ethyl adjacent to an activating group) is 1. The number of carboxylic acids is 1. The van der Waals surface area contributed by atoms with Gasteiger partial charge in [0.25, 0.3) is 6.29 Å². The molecule has 2 unspecified atom stereocenters. The third-order valence-corrected chi connectivity index (χ3v) is 15.0. The summed E-state index contributed by atoms with van der Waals surface area (Å²) in [5, 5.41) is 9.76. The molecule has 9 nitrogen and oxygen atoms in total. The summed E-state index contributed by atoms with van der Waals surface area (Å²) < 4.78 is 23.0. The number of hydrogen-bond acceptors (Lipinski definition) is 7. The van der Waals surface area contributed by atoms with Crippen LogP contribution < -0.4 is 0 Å². The van der Waals surface area contributed by atoms with Crippen molar-refractivity contribution in [3.8, 4) is 0 Å². The van der Waals surface area contributed by atoms with Crippen LogP contribution in [0.3, 0.4) is 0 Å². The van der Waals surface area contributed by atoms with Crippen molar-refractivity contribution < 1.29 is 42.9 Å². The fraction of sp³-hybridized carbons (Fsp3) is 0.622. The zero-order valence-corrected chi connectivity index (χ0v) is 58.7. The van der Waals surface area contributed by atoms with E-state index in [0.717, 1.165) is 135 Å². The van der Waals surface area contributed by atoms with Crippen molar-refractivity contribution in [3.63, 3.8) is 0 Å². The molecule has 0 aromatic carbocycles. The van der Waals surface area contributed by atoms with Gasteiger partial charge in [-0.25, -0.2) is 4.79 Å². The molecular formula is C82H134NO8+. The first kappa shape index (κ1) is 85.7. The number of carbonyl (C=O) groups is 3. The summed E-state index contributed by atoms with van der Waals surface area (Å²) in [4.78, 5) is 37.7. The Morgan fingerprint density at radius 3 is 0.879 bits per heavy atom. The molecule has 0 aliphatic rings. The Kier molecular flexibility index (Phi) is 66.4. The summed E-state index contributed by atoms with van der Waals surface area (Å²) in [6.07, 6.45) is 103. The molecule has 0 aliphatic carbocycles. The Bertz CT molecular complexity index is 2100. The van der Waals surface area contributed by atoms with Crippen LogP contribution in [0.4, 0.5) is 0 Å². The van der Waals surface area contributed by atoms with Gasteiger partial charge in [0, 0.05) is 12.8 Å². The molecule has 0 amide bonds. The van der Waals surface area contributed by atoms with Crippen LogP contribution in [0.5, 0.6) is 0 Å². The number of esters is 2. The van der Waals surface area contributed by atoms with E-state index in [-0.39, 0.29) is 38.6 Å². The maximum Gasteiger partial charge on any atom is 0.361 e. The Morgan fingerprint density at radius 1 is 0.330 bits per heavy atom. The lowest BCUT2D eigenvalue weighted by Crippen LogP contribution is -2.40. The number of nitrogens with zero attached hydrogens (tertiary/aromatic N) is 1. The maximum atomic E-state index is 13.0. The van der Waals surface area contributed by atoms with Crippen molar-refractivity contribution in [1.82, 2.24) is 0 Å². The lowest BCUT2D eigenvalue weighted by Gasteiger charge is -2.25. The number of carboxylic acid groups (broad SMARTS) is 1. The van der Waals surface area contributed by atoms with Crippen molar-refractivity contribution in [1.29, 1.82) is 0 Å². The van der Waals surface area contributed by atoms with Crippen LogP contribution in [0.1, 0.15) is 271 Å². The van der Waals surface area contributed by atoms with Gasteiger partial charge < -0.3 is 28.5 Å². The first-order valence-electron chi connectivity index (χ1n) is 36.3. The number of allylic oxidation sites excluding steroid dienone is 28. The summed E-state index contributed by atoms with van der Waals surface area (Å²) in [6, 6.07) is 0. The van der Waals surface area contributed by atoms with Crippen molar-refractivity contribution in [3.05, 3.63) is 170 Å². The standard InChI is InChI=1S/C82H133NO8/c1-6-8-10-12-14-16-18-20-22-24-26-28-30-32-34-36-38-40-42-44-46-48-50-52-54-56-58-60-62-64-66-68-70-72-79(84)89-76-78(77-90-82(81(86)87)88-75-74-83(3,4)5)91-80(85)73-71-69-67-65-63-61-59-57-55-53-51-49-47-45-43-41-39-37-35-33-31-29-27-25-23-21-19-17-15-13-11-9-7-2/h8-11,14-17,20-23,26-29,32-35,38-41,45,47,51,53,78,82H,6-7,12-13,18-19,24-25,30-31,36-37,42-44,46,48-50,52,54-77H2,1-5H3/p+1/b10-8-,11-9-,16-14-,17-15-,22-20-,23-21-,28-26-,29-27-,34-32-,35-33-,40-38-,41-39-,47-45-,53-51-. The second-order valence-electron chi connectivity index (χ2n) is 24.8. The highest BCUT2D eigenvalue weighted by Crippen LogP contribution is 2.16. The minimum Gasteiger partial charge on any atom is -0.477 e. The summed E-state index contributed by atoms with van der Waals surface area (Å²) >= 11 is 0. The number of carbonyl (C=O) groups excluding carboxylic acids is 2. The number of quaternary nitrogens is 1. The van der Waals surface area contributed by atoms with Gasteiger partial charge in [-0.15, -0.1) is 0 Å². The third-order valence-electron chi connectivity index (χ3n) is 15.0. The van der Waals surface area contributed by atoms with E-state index in [4.69, 9.17) is 18.9 Å². The quantitative estimate of drug-likeness (QED) is 0.0211. The molecule has 0 heterocycles. The van der Waals surface area contributed by atoms with Crippen LogP contribution in [-0.4, -0.2) is 87.4 Å². The molecule has 91 heavy (non-hydrogen) atoms. The van der Waals surface area contributed by atoms with E-state index in [2.05, 4.69) is 184 Å². The first-order chi connectivity index (χ1) is 44.6. The van der Waals surface area contributed by atoms with Gasteiger partial charge in [-0.2, -0.15) is 0 Å². The van der Waals surface area contributed by atoms with Crippen LogP contribution in [-0.2, 0) is 33.3 Å². The molecule has 0 aromatic heterocycles. The molecule has 0 aliphatic heterocycles. The second-order valence-corrected chi connectivity index (χ2v) is 24.8. The van der Waals surface area contributed by atoms with E-state index in [1.807, 2.05) is 21.1 Å². The third kappa shape index (κ3) is 71.9. The number of ether oxygens (including phenoxy) is 4. The minimum absolute atomic E-state index is 0.178. The van der Waals surface area contributed by atoms with Gasteiger partial charge >= 0.3 is 17.9 Å². The molecule has 514 valence electrons. The van der Waals surface area contributed by atoms with Crippen LogP contribution in [0.2, 0.25) is 0 Å². The predicted octanol–water partition coefficient (Wildman–Crippen LogP) is 23.0. The van der Waals surface area contributed by atoms with Crippen molar-refractivity contribution >= 4 is 17.9 Å². The molecule has 0 spiro atoms. The van der Waals surface area contributed by atoms with Crippen LogP contribution in [0, 0.1) is 0 Å². The summed E-state index contributed by atoms with van der Waals surface area (Å²) in [5.41, 5.74) is 0. The average molecular weight is 1260 g/mol. The highest BCUT2D eigenvalue weighted by Gasteiger charge is 2.25. The van der Waals surface area contributed by atoms with Gasteiger partial charge in [-0.3, -0.25) is 9.59 Å². The molecule has 0 bridgehead atoms. The smallest absolute Gasteiger partial charge is 0.361 e. The zero-order chi connectivity index (χ0) is 66.1. The summed E-state index contributed by atoms with van der Waals surface area (Å²) in [6.45, 7) is 4.63. The van der Waals surface area contributed by atoms with Gasteiger partial charge in [-0.1, -0.05) is 300 Å². The Morgan fingerprint density at radius 2 is 0.593 bits per heavy atom. The Hall–Kier alpha value is -5.35. The molecule has 0 saturated heterocycles. The SMILES string of the molecule is CC/C=C\C/C=C\C/C=C\C/C=C\C/C=C\C/C=C\C/C=C\C/C=C\CCCCCCCCCCC(=O)OC(COC(=O)CCCCCCCCCCCCCCCC/C=C\C/C=C\C/C=C\C/C=C\C/C=C\C/C=C\CC)COC(OCC[N+](C)(C)C)C(=O)O. The molecule has 9 heteroatoms. The van der Waals surface area contributed by atoms with Crippen LogP contribution in [0.25, 0.3) is 0 Å². The Balaban J connectivity index is 4.17. The molecular weight excluding hydrogens is 1130 g/mol. The van der Waals surface area contributed by atoms with E-state index in [9.17, 15) is 19.5 Å². The molecule has 0 aromatic rings. The lowest BCUT2D eigenvalue weighted by atomic mass is 10.0. The van der Waals surface area contributed by atoms with Crippen molar-refractivity contribution in [2.75, 3.05) is 47.5 Å². The molecule has 2 atom stereocenters. The molecule has 0 fully saturated rings. The van der Waals surface area contributed by atoms with Gasteiger partial charge in [0.1, 0.15) is 13.2 Å². The molecule has 0 saturated carbocycles. The van der Waals surface area contributed by atoms with Gasteiger partial charge in [0.15, 0.2) is 6.10 Å². The molecule has 0 radical (unpaired) electrons. The molecule has 1 N–H and O–H groups in total. The van der Waals surface area contributed by atoms with E-state index in [0.29, 0.717) is 17.4 Å². The minimum atomic E-state index is -1.52. The van der Waals surface area contributed by atoms with Crippen LogP contribution in [0.15, 0.2) is 170 Å². The summed E-state index contributed by atoms with van der Waals surface area (Å²) in [5.74, 6) is -2.03. The molecule has 0 rings (SSSR count). The Labute approximate surface area is 558 Å².